The van der Waals surface area contributed by atoms with Crippen molar-refractivity contribution in [1.82, 2.24) is 10.2 Å². The highest BCUT2D eigenvalue weighted by atomic mass is 79.9. The number of carbonyl (C=O) groups excluding carboxylic acids is 2. The molecule has 0 saturated carbocycles. The van der Waals surface area contributed by atoms with E-state index in [4.69, 9.17) is 27.9 Å². The Kier molecular flexibility index (Phi) is 10.1. The second-order valence-electron chi connectivity index (χ2n) is 7.28. The molecule has 0 heterocycles. The number of ether oxygens (including phenoxy) is 1. The maximum atomic E-state index is 13.1. The molecule has 1 N–H and O–H groups in total. The van der Waals surface area contributed by atoms with E-state index in [9.17, 15) is 9.59 Å². The van der Waals surface area contributed by atoms with Gasteiger partial charge in [0.1, 0.15) is 11.8 Å². The minimum absolute atomic E-state index is 0.167. The predicted molar refractivity (Wildman–Crippen MR) is 129 cm³/mol. The van der Waals surface area contributed by atoms with Crippen LogP contribution >= 0.6 is 39.1 Å². The number of nitrogens with one attached hydrogen (secondary N) is 1. The van der Waals surface area contributed by atoms with Gasteiger partial charge in [0, 0.05) is 27.6 Å². The summed E-state index contributed by atoms with van der Waals surface area (Å²) in [6.45, 7) is 6.23. The first-order valence-electron chi connectivity index (χ1n) is 10.1. The molecule has 0 fully saturated rings. The normalized spacial score (nSPS) is 11.7. The quantitative estimate of drug-likeness (QED) is 0.397. The van der Waals surface area contributed by atoms with Crippen molar-refractivity contribution >= 4 is 50.9 Å². The maximum absolute atomic E-state index is 13.1. The van der Waals surface area contributed by atoms with E-state index in [1.165, 1.54) is 4.90 Å². The molecule has 0 saturated heterocycles. The molecule has 2 amide bonds. The Bertz CT molecular complexity index is 924. The fourth-order valence-corrected chi connectivity index (χ4v) is 3.60. The molecule has 168 valence electrons. The number of nitrogens with zero attached hydrogens (tertiary/aromatic N) is 1. The van der Waals surface area contributed by atoms with Crippen molar-refractivity contribution in [2.24, 2.45) is 0 Å². The zero-order chi connectivity index (χ0) is 23.0. The second kappa shape index (κ2) is 12.3. The van der Waals surface area contributed by atoms with Gasteiger partial charge in [0.05, 0.1) is 0 Å². The van der Waals surface area contributed by atoms with Crippen molar-refractivity contribution in [3.63, 3.8) is 0 Å². The van der Waals surface area contributed by atoms with E-state index >= 15 is 0 Å². The SMILES string of the molecule is CCCCNC(=O)[C@@H](C)N(Cc1ccc(Cl)cc1Cl)C(=O)COc1ccc(Br)c(C)c1. The van der Waals surface area contributed by atoms with Crippen LogP contribution in [0.3, 0.4) is 0 Å². The van der Waals surface area contributed by atoms with Crippen LogP contribution in [0.25, 0.3) is 0 Å². The van der Waals surface area contributed by atoms with Gasteiger partial charge in [0.2, 0.25) is 5.91 Å². The van der Waals surface area contributed by atoms with Gasteiger partial charge in [-0.3, -0.25) is 9.59 Å². The molecular weight excluding hydrogens is 503 g/mol. The minimum Gasteiger partial charge on any atom is -0.484 e. The highest BCUT2D eigenvalue weighted by Gasteiger charge is 2.27. The van der Waals surface area contributed by atoms with Crippen LogP contribution in [-0.2, 0) is 16.1 Å². The maximum Gasteiger partial charge on any atom is 0.261 e. The summed E-state index contributed by atoms with van der Waals surface area (Å²) in [6, 6.07) is 9.89. The Morgan fingerprint density at radius 2 is 1.94 bits per heavy atom. The summed E-state index contributed by atoms with van der Waals surface area (Å²) in [6.07, 6.45) is 1.85. The molecule has 0 radical (unpaired) electrons. The van der Waals surface area contributed by atoms with Crippen LogP contribution in [0.4, 0.5) is 0 Å². The molecule has 31 heavy (non-hydrogen) atoms. The number of amides is 2. The first-order chi connectivity index (χ1) is 14.7. The van der Waals surface area contributed by atoms with Crippen molar-refractivity contribution < 1.29 is 14.3 Å². The highest BCUT2D eigenvalue weighted by Crippen LogP contribution is 2.24. The van der Waals surface area contributed by atoms with Gasteiger partial charge in [-0.15, -0.1) is 0 Å². The largest absolute Gasteiger partial charge is 0.484 e. The van der Waals surface area contributed by atoms with Crippen LogP contribution in [0.5, 0.6) is 5.75 Å². The lowest BCUT2D eigenvalue weighted by atomic mass is 10.1. The van der Waals surface area contributed by atoms with Gasteiger partial charge in [-0.2, -0.15) is 0 Å². The summed E-state index contributed by atoms with van der Waals surface area (Å²) in [5, 5.41) is 3.83. The fraction of sp³-hybridized carbons (Fsp3) is 0.391. The molecule has 0 aliphatic rings. The summed E-state index contributed by atoms with van der Waals surface area (Å²) in [5.74, 6) is 0.0506. The minimum atomic E-state index is -0.689. The molecule has 0 spiro atoms. The lowest BCUT2D eigenvalue weighted by molar-refractivity contribution is -0.142. The fourth-order valence-electron chi connectivity index (χ4n) is 2.89. The van der Waals surface area contributed by atoms with Gasteiger partial charge >= 0.3 is 0 Å². The van der Waals surface area contributed by atoms with E-state index in [2.05, 4.69) is 28.2 Å². The first-order valence-corrected chi connectivity index (χ1v) is 11.7. The number of carbonyl (C=O) groups is 2. The molecule has 8 heteroatoms. The molecule has 1 atom stereocenters. The van der Waals surface area contributed by atoms with Crippen LogP contribution in [0.2, 0.25) is 10.0 Å². The van der Waals surface area contributed by atoms with E-state index in [0.29, 0.717) is 27.9 Å². The lowest BCUT2D eigenvalue weighted by Crippen LogP contribution is -2.49. The molecule has 5 nitrogen and oxygen atoms in total. The van der Waals surface area contributed by atoms with Gasteiger partial charge in [-0.25, -0.2) is 0 Å². The Hall–Kier alpha value is -1.76. The van der Waals surface area contributed by atoms with E-state index in [-0.39, 0.29) is 25.0 Å². The van der Waals surface area contributed by atoms with E-state index in [1.54, 1.807) is 31.2 Å². The molecule has 2 rings (SSSR count). The predicted octanol–water partition coefficient (Wildman–Crippen LogP) is 5.78. The molecule has 0 bridgehead atoms. The number of benzene rings is 2. The molecule has 2 aromatic carbocycles. The third-order valence-corrected chi connectivity index (χ3v) is 6.32. The molecule has 0 aliphatic carbocycles. The van der Waals surface area contributed by atoms with E-state index < -0.39 is 6.04 Å². The number of rotatable bonds is 10. The smallest absolute Gasteiger partial charge is 0.261 e. The average Bonchev–Trinajstić information content (AvgIpc) is 2.73. The summed E-state index contributed by atoms with van der Waals surface area (Å²) in [4.78, 5) is 27.2. The van der Waals surface area contributed by atoms with Crippen molar-refractivity contribution in [2.45, 2.75) is 46.2 Å². The van der Waals surface area contributed by atoms with Gasteiger partial charge in [-0.05, 0) is 61.7 Å². The monoisotopic (exact) mass is 528 g/mol. The molecule has 2 aromatic rings. The van der Waals surface area contributed by atoms with Crippen LogP contribution in [0, 0.1) is 6.92 Å². The van der Waals surface area contributed by atoms with Crippen LogP contribution in [0.1, 0.15) is 37.8 Å². The van der Waals surface area contributed by atoms with Crippen molar-refractivity contribution in [1.29, 1.82) is 0 Å². The van der Waals surface area contributed by atoms with Crippen LogP contribution in [0.15, 0.2) is 40.9 Å². The third kappa shape index (κ3) is 7.70. The Labute approximate surface area is 202 Å². The van der Waals surface area contributed by atoms with Gasteiger partial charge in [0.25, 0.3) is 5.91 Å². The van der Waals surface area contributed by atoms with Crippen LogP contribution < -0.4 is 10.1 Å². The van der Waals surface area contributed by atoms with Gasteiger partial charge in [0.15, 0.2) is 6.61 Å². The van der Waals surface area contributed by atoms with E-state index in [1.807, 2.05) is 19.1 Å². The number of hydrogen-bond acceptors (Lipinski definition) is 3. The van der Waals surface area contributed by atoms with Crippen molar-refractivity contribution in [3.05, 3.63) is 62.0 Å². The highest BCUT2D eigenvalue weighted by molar-refractivity contribution is 9.10. The second-order valence-corrected chi connectivity index (χ2v) is 8.98. The molecule has 0 aliphatic heterocycles. The third-order valence-electron chi connectivity index (χ3n) is 4.84. The first kappa shape index (κ1) is 25.5. The van der Waals surface area contributed by atoms with Crippen LogP contribution in [-0.4, -0.2) is 35.9 Å². The number of aryl methyl sites for hydroxylation is 1. The molecule has 0 aromatic heterocycles. The summed E-state index contributed by atoms with van der Waals surface area (Å²) < 4.78 is 6.66. The van der Waals surface area contributed by atoms with Gasteiger partial charge < -0.3 is 15.0 Å². The Morgan fingerprint density at radius 3 is 2.58 bits per heavy atom. The summed E-state index contributed by atoms with van der Waals surface area (Å²) in [7, 11) is 0. The number of hydrogen-bond donors (Lipinski definition) is 1. The number of halogens is 3. The lowest BCUT2D eigenvalue weighted by Gasteiger charge is -2.29. The number of unbranched alkanes of at least 4 members (excludes halogenated alkanes) is 1. The summed E-state index contributed by atoms with van der Waals surface area (Å²) >= 11 is 15.7. The zero-order valence-electron chi connectivity index (χ0n) is 17.9. The van der Waals surface area contributed by atoms with Gasteiger partial charge in [-0.1, -0.05) is 58.5 Å². The van der Waals surface area contributed by atoms with Crippen molar-refractivity contribution in [2.75, 3.05) is 13.2 Å². The molecular formula is C23H27BrCl2N2O3. The standard InChI is InChI=1S/C23H27BrCl2N2O3/c1-4-5-10-27-23(30)16(3)28(13-17-6-7-18(25)12-21(17)26)22(29)14-31-19-8-9-20(24)15(2)11-19/h6-9,11-12,16H,4-5,10,13-14H2,1-3H3,(H,27,30)/t16-/m1/s1. The Morgan fingerprint density at radius 1 is 1.19 bits per heavy atom. The zero-order valence-corrected chi connectivity index (χ0v) is 21.0. The summed E-state index contributed by atoms with van der Waals surface area (Å²) in [5.41, 5.74) is 1.70. The van der Waals surface area contributed by atoms with E-state index in [0.717, 1.165) is 22.9 Å². The average molecular weight is 530 g/mol. The molecule has 0 unspecified atom stereocenters. The topological polar surface area (TPSA) is 58.6 Å². The van der Waals surface area contributed by atoms with Crippen molar-refractivity contribution in [3.8, 4) is 5.75 Å². The Balaban J connectivity index is 2.17.